The topological polar surface area (TPSA) is 17.8 Å². The van der Waals surface area contributed by atoms with Crippen molar-refractivity contribution >= 4 is 17.2 Å². The molecule has 0 radical (unpaired) electrons. The van der Waals surface area contributed by atoms with Gasteiger partial charge in [-0.2, -0.15) is 5.10 Å². The van der Waals surface area contributed by atoms with Crippen LogP contribution >= 0.6 is 11.6 Å². The van der Waals surface area contributed by atoms with Gasteiger partial charge in [0.2, 0.25) is 0 Å². The van der Waals surface area contributed by atoms with Crippen molar-refractivity contribution in [3.63, 3.8) is 0 Å². The monoisotopic (exact) mass is 196 g/mol. The van der Waals surface area contributed by atoms with Crippen molar-refractivity contribution < 1.29 is 0 Å². The number of alkyl halides is 1. The fraction of sp³-hybridized carbons (Fsp3) is 0.500. The Morgan fingerprint density at radius 2 is 2.46 bits per heavy atom. The van der Waals surface area contributed by atoms with E-state index in [1.54, 1.807) is 0 Å². The van der Waals surface area contributed by atoms with Crippen molar-refractivity contribution in [2.45, 2.75) is 24.6 Å². The Balaban J connectivity index is 2.25. The molecule has 0 saturated heterocycles. The van der Waals surface area contributed by atoms with Crippen LogP contribution in [0.15, 0.2) is 18.5 Å². The van der Waals surface area contributed by atoms with Crippen LogP contribution in [0, 0.1) is 0 Å². The van der Waals surface area contributed by atoms with Gasteiger partial charge in [0, 0.05) is 18.8 Å². The van der Waals surface area contributed by atoms with Crippen LogP contribution in [0.25, 0.3) is 5.57 Å². The van der Waals surface area contributed by atoms with Crippen molar-refractivity contribution in [1.29, 1.82) is 0 Å². The highest BCUT2D eigenvalue weighted by atomic mass is 35.5. The van der Waals surface area contributed by atoms with E-state index in [-0.39, 0.29) is 5.38 Å². The molecule has 1 aromatic heterocycles. The third-order valence-corrected chi connectivity index (χ3v) is 2.73. The minimum Gasteiger partial charge on any atom is -0.275 e. The molecule has 1 aliphatic carbocycles. The van der Waals surface area contributed by atoms with Gasteiger partial charge in [-0.05, 0) is 24.8 Å². The first-order valence-corrected chi connectivity index (χ1v) is 5.03. The summed E-state index contributed by atoms with van der Waals surface area (Å²) in [4.78, 5) is 0. The lowest BCUT2D eigenvalue weighted by Gasteiger charge is -2.14. The Labute approximate surface area is 83.2 Å². The van der Waals surface area contributed by atoms with E-state index in [0.717, 1.165) is 12.8 Å². The summed E-state index contributed by atoms with van der Waals surface area (Å²) in [6.45, 7) is 0. The zero-order chi connectivity index (χ0) is 9.26. The minimum atomic E-state index is 0.212. The average molecular weight is 197 g/mol. The highest BCUT2D eigenvalue weighted by molar-refractivity contribution is 6.22. The predicted molar refractivity (Wildman–Crippen MR) is 54.7 cm³/mol. The summed E-state index contributed by atoms with van der Waals surface area (Å²) in [7, 11) is 1.94. The normalized spacial score (nSPS) is 22.9. The quantitative estimate of drug-likeness (QED) is 0.632. The lowest BCUT2D eigenvalue weighted by molar-refractivity contribution is 0.746. The third-order valence-electron chi connectivity index (χ3n) is 2.38. The third kappa shape index (κ3) is 1.94. The zero-order valence-electron chi connectivity index (χ0n) is 7.70. The predicted octanol–water partition coefficient (Wildman–Crippen LogP) is 2.59. The first kappa shape index (κ1) is 8.82. The standard InChI is InChI=1S/C10H13ClN2/c1-13-7-9(6-12-13)8-3-2-4-10(11)5-8/h5-7,10H,2-4H2,1H3. The van der Waals surface area contributed by atoms with Crippen LogP contribution in [0.4, 0.5) is 0 Å². The molecule has 70 valence electrons. The van der Waals surface area contributed by atoms with Crippen LogP contribution in [-0.2, 0) is 7.05 Å². The van der Waals surface area contributed by atoms with E-state index < -0.39 is 0 Å². The van der Waals surface area contributed by atoms with Crippen molar-refractivity contribution in [2.24, 2.45) is 7.05 Å². The van der Waals surface area contributed by atoms with Crippen LogP contribution in [0.3, 0.4) is 0 Å². The van der Waals surface area contributed by atoms with Gasteiger partial charge in [-0.25, -0.2) is 0 Å². The summed E-state index contributed by atoms with van der Waals surface area (Å²) in [6, 6.07) is 0. The molecule has 1 atom stereocenters. The second kappa shape index (κ2) is 3.54. The van der Waals surface area contributed by atoms with Gasteiger partial charge < -0.3 is 0 Å². The highest BCUT2D eigenvalue weighted by Crippen LogP contribution is 2.28. The fourth-order valence-corrected chi connectivity index (χ4v) is 2.01. The Morgan fingerprint density at radius 1 is 1.62 bits per heavy atom. The highest BCUT2D eigenvalue weighted by Gasteiger charge is 2.13. The fourth-order valence-electron chi connectivity index (χ4n) is 1.70. The number of halogens is 1. The van der Waals surface area contributed by atoms with Crippen LogP contribution in [0.2, 0.25) is 0 Å². The number of nitrogens with zero attached hydrogens (tertiary/aromatic N) is 2. The molecule has 0 aromatic carbocycles. The number of aromatic nitrogens is 2. The molecule has 0 amide bonds. The van der Waals surface area contributed by atoms with E-state index in [0.29, 0.717) is 0 Å². The Kier molecular flexibility index (Phi) is 2.40. The molecule has 1 aromatic rings. The van der Waals surface area contributed by atoms with Crippen molar-refractivity contribution in [3.8, 4) is 0 Å². The molecular weight excluding hydrogens is 184 g/mol. The molecule has 0 aliphatic heterocycles. The molecule has 2 rings (SSSR count). The Bertz CT molecular complexity index is 327. The van der Waals surface area contributed by atoms with Crippen LogP contribution in [0.5, 0.6) is 0 Å². The van der Waals surface area contributed by atoms with Crippen LogP contribution < -0.4 is 0 Å². The summed E-state index contributed by atoms with van der Waals surface area (Å²) < 4.78 is 1.83. The molecule has 3 heteroatoms. The minimum absolute atomic E-state index is 0.212. The van der Waals surface area contributed by atoms with E-state index in [4.69, 9.17) is 11.6 Å². The summed E-state index contributed by atoms with van der Waals surface area (Å²) >= 11 is 6.06. The average Bonchev–Trinajstić information content (AvgIpc) is 2.52. The molecule has 13 heavy (non-hydrogen) atoms. The molecule has 0 spiro atoms. The molecule has 0 fully saturated rings. The van der Waals surface area contributed by atoms with E-state index in [2.05, 4.69) is 11.2 Å². The van der Waals surface area contributed by atoms with Crippen molar-refractivity contribution in [1.82, 2.24) is 9.78 Å². The molecule has 0 bridgehead atoms. The largest absolute Gasteiger partial charge is 0.275 e. The van der Waals surface area contributed by atoms with Crippen LogP contribution in [0.1, 0.15) is 24.8 Å². The molecule has 1 unspecified atom stereocenters. The number of hydrogen-bond acceptors (Lipinski definition) is 1. The van der Waals surface area contributed by atoms with Gasteiger partial charge in [0.05, 0.1) is 11.6 Å². The zero-order valence-corrected chi connectivity index (χ0v) is 8.46. The van der Waals surface area contributed by atoms with Gasteiger partial charge in [-0.3, -0.25) is 4.68 Å². The van der Waals surface area contributed by atoms with Crippen molar-refractivity contribution in [2.75, 3.05) is 0 Å². The van der Waals surface area contributed by atoms with E-state index in [9.17, 15) is 0 Å². The molecule has 1 heterocycles. The maximum atomic E-state index is 6.06. The lowest BCUT2D eigenvalue weighted by atomic mass is 9.95. The number of aryl methyl sites for hydroxylation is 1. The van der Waals surface area contributed by atoms with Crippen LogP contribution in [-0.4, -0.2) is 15.2 Å². The molecule has 0 saturated carbocycles. The Morgan fingerprint density at radius 3 is 3.08 bits per heavy atom. The summed E-state index contributed by atoms with van der Waals surface area (Å²) in [5, 5.41) is 4.36. The number of allylic oxidation sites excluding steroid dienone is 2. The number of hydrogen-bond donors (Lipinski definition) is 0. The maximum absolute atomic E-state index is 6.06. The molecule has 1 aliphatic rings. The first-order chi connectivity index (χ1) is 6.25. The van der Waals surface area contributed by atoms with E-state index in [1.807, 2.05) is 24.1 Å². The lowest BCUT2D eigenvalue weighted by Crippen LogP contribution is -2.02. The SMILES string of the molecule is Cn1cc(C2=CC(Cl)CCC2)cn1. The molecule has 2 nitrogen and oxygen atoms in total. The molecular formula is C10H13ClN2. The van der Waals surface area contributed by atoms with Gasteiger partial charge in [-0.1, -0.05) is 6.08 Å². The van der Waals surface area contributed by atoms with Gasteiger partial charge in [0.1, 0.15) is 0 Å². The van der Waals surface area contributed by atoms with Gasteiger partial charge in [0.15, 0.2) is 0 Å². The second-order valence-electron chi connectivity index (χ2n) is 3.50. The second-order valence-corrected chi connectivity index (χ2v) is 4.06. The summed E-state index contributed by atoms with van der Waals surface area (Å²) in [5.74, 6) is 0. The molecule has 0 N–H and O–H groups in total. The summed E-state index contributed by atoms with van der Waals surface area (Å²) in [5.41, 5.74) is 2.56. The van der Waals surface area contributed by atoms with Gasteiger partial charge >= 0.3 is 0 Å². The smallest absolute Gasteiger partial charge is 0.0564 e. The van der Waals surface area contributed by atoms with Gasteiger partial charge in [-0.15, -0.1) is 11.6 Å². The maximum Gasteiger partial charge on any atom is 0.0564 e. The Hall–Kier alpha value is -0.760. The first-order valence-electron chi connectivity index (χ1n) is 4.59. The summed E-state index contributed by atoms with van der Waals surface area (Å²) in [6.07, 6.45) is 9.53. The van der Waals surface area contributed by atoms with Gasteiger partial charge in [0.25, 0.3) is 0 Å². The van der Waals surface area contributed by atoms with E-state index >= 15 is 0 Å². The van der Waals surface area contributed by atoms with E-state index in [1.165, 1.54) is 17.6 Å². The number of rotatable bonds is 1. The van der Waals surface area contributed by atoms with Crippen molar-refractivity contribution in [3.05, 3.63) is 24.0 Å².